The lowest BCUT2D eigenvalue weighted by molar-refractivity contribution is 0.0795. The van der Waals surface area contributed by atoms with E-state index in [9.17, 15) is 13.2 Å². The Bertz CT molecular complexity index is 1080. The van der Waals surface area contributed by atoms with Crippen LogP contribution in [0.25, 0.3) is 0 Å². The molecule has 1 aromatic heterocycles. The number of hydrogen-bond acceptors (Lipinski definition) is 6. The zero-order valence-corrected chi connectivity index (χ0v) is 20.7. The van der Waals surface area contributed by atoms with E-state index in [0.717, 1.165) is 68.3 Å². The number of rotatable bonds is 8. The van der Waals surface area contributed by atoms with E-state index in [2.05, 4.69) is 33.4 Å². The molecule has 1 aromatic carbocycles. The van der Waals surface area contributed by atoms with Crippen molar-refractivity contribution in [2.75, 3.05) is 51.3 Å². The lowest BCUT2D eigenvalue weighted by Crippen LogP contribution is -2.51. The second-order valence-electron chi connectivity index (χ2n) is 9.33. The number of aromatic nitrogens is 1. The van der Waals surface area contributed by atoms with E-state index in [1.54, 1.807) is 7.11 Å². The lowest BCUT2D eigenvalue weighted by atomic mass is 10.1. The van der Waals surface area contributed by atoms with Crippen LogP contribution < -0.4 is 4.74 Å². The Labute approximate surface area is 197 Å². The molecule has 8 heteroatoms. The largest absolute Gasteiger partial charge is 0.497 e. The van der Waals surface area contributed by atoms with Crippen molar-refractivity contribution >= 4 is 15.6 Å². The van der Waals surface area contributed by atoms with Crippen LogP contribution >= 0.6 is 0 Å². The molecule has 0 N–H and O–H groups in total. The molecule has 0 aliphatic carbocycles. The van der Waals surface area contributed by atoms with Crippen LogP contribution in [0.4, 0.5) is 0 Å². The molecule has 2 aromatic rings. The van der Waals surface area contributed by atoms with Gasteiger partial charge in [0, 0.05) is 55.7 Å². The van der Waals surface area contributed by atoms with Gasteiger partial charge in [-0.15, -0.1) is 0 Å². The molecule has 1 atom stereocenters. The summed E-state index contributed by atoms with van der Waals surface area (Å²) in [6.45, 7) is 8.61. The Morgan fingerprint density at radius 3 is 2.39 bits per heavy atom. The topological polar surface area (TPSA) is 71.8 Å². The van der Waals surface area contributed by atoms with Crippen molar-refractivity contribution in [3.05, 3.63) is 52.8 Å². The van der Waals surface area contributed by atoms with Crippen LogP contribution in [0.1, 0.15) is 33.7 Å². The minimum absolute atomic E-state index is 0.150. The summed E-state index contributed by atoms with van der Waals surface area (Å²) in [6.07, 6.45) is 1.64. The molecule has 0 bridgehead atoms. The molecule has 0 spiro atoms. The van der Waals surface area contributed by atoms with Gasteiger partial charge in [-0.05, 0) is 50.5 Å². The second kappa shape index (κ2) is 9.99. The maximum atomic E-state index is 13.1. The van der Waals surface area contributed by atoms with Gasteiger partial charge in [-0.2, -0.15) is 0 Å². The average Bonchev–Trinajstić information content (AvgIpc) is 3.31. The van der Waals surface area contributed by atoms with E-state index in [0.29, 0.717) is 12.3 Å². The molecular formula is C25H35N3O4S. The lowest BCUT2D eigenvalue weighted by Gasteiger charge is -2.37. The third-order valence-electron chi connectivity index (χ3n) is 7.16. The van der Waals surface area contributed by atoms with E-state index in [4.69, 9.17) is 4.74 Å². The number of sulfone groups is 1. The summed E-state index contributed by atoms with van der Waals surface area (Å²) in [5.41, 5.74) is 4.19. The number of Topliss-reactive ketones (excluding diaryl/α,β-unsaturated/α-hetero) is 1. The summed E-state index contributed by atoms with van der Waals surface area (Å²) >= 11 is 0. The van der Waals surface area contributed by atoms with Gasteiger partial charge in [-0.1, -0.05) is 12.1 Å². The Kier molecular flexibility index (Phi) is 7.26. The highest BCUT2D eigenvalue weighted by molar-refractivity contribution is 7.91. The monoisotopic (exact) mass is 473 g/mol. The maximum absolute atomic E-state index is 13.1. The third-order valence-corrected chi connectivity index (χ3v) is 8.91. The van der Waals surface area contributed by atoms with Crippen LogP contribution in [-0.4, -0.2) is 85.9 Å². The van der Waals surface area contributed by atoms with Crippen molar-refractivity contribution in [1.29, 1.82) is 0 Å². The smallest absolute Gasteiger partial charge is 0.178 e. The molecule has 180 valence electrons. The van der Waals surface area contributed by atoms with Crippen molar-refractivity contribution < 1.29 is 17.9 Å². The fourth-order valence-electron chi connectivity index (χ4n) is 5.10. The predicted octanol–water partition coefficient (Wildman–Crippen LogP) is 2.34. The molecular weight excluding hydrogens is 438 g/mol. The fourth-order valence-corrected chi connectivity index (χ4v) is 6.86. The number of ketones is 1. The first kappa shape index (κ1) is 24.0. The highest BCUT2D eigenvalue weighted by atomic mass is 32.2. The van der Waals surface area contributed by atoms with Gasteiger partial charge in [0.2, 0.25) is 0 Å². The maximum Gasteiger partial charge on any atom is 0.178 e. The fraction of sp³-hybridized carbons (Fsp3) is 0.560. The summed E-state index contributed by atoms with van der Waals surface area (Å²) in [6, 6.07) is 10.3. The van der Waals surface area contributed by atoms with E-state index in [1.807, 2.05) is 25.1 Å². The van der Waals surface area contributed by atoms with E-state index < -0.39 is 9.84 Å². The molecule has 0 radical (unpaired) electrons. The van der Waals surface area contributed by atoms with E-state index in [-0.39, 0.29) is 17.6 Å². The standard InChI is InChI=1S/C25H35N3O4S/c1-19-16-24(20(2)28(19)10-8-21-4-6-23(32-3)7-5-21)25(29)17-26-11-13-27(14-12-26)22-9-15-33(30,31)18-22/h4-7,16,22H,8-15,17-18H2,1-3H3. The molecule has 2 aliphatic heterocycles. The Balaban J connectivity index is 1.31. The first-order chi connectivity index (χ1) is 15.8. The number of nitrogens with zero attached hydrogens (tertiary/aromatic N) is 3. The average molecular weight is 474 g/mol. The van der Waals surface area contributed by atoms with Gasteiger partial charge in [0.15, 0.2) is 15.6 Å². The highest BCUT2D eigenvalue weighted by Crippen LogP contribution is 2.21. The summed E-state index contributed by atoms with van der Waals surface area (Å²) in [5.74, 6) is 1.61. The number of ether oxygens (including phenoxy) is 1. The zero-order chi connectivity index (χ0) is 23.6. The summed E-state index contributed by atoms with van der Waals surface area (Å²) in [4.78, 5) is 17.6. The predicted molar refractivity (Wildman–Crippen MR) is 130 cm³/mol. The van der Waals surface area contributed by atoms with Gasteiger partial charge < -0.3 is 9.30 Å². The molecule has 7 nitrogen and oxygen atoms in total. The number of piperazine rings is 1. The van der Waals surface area contributed by atoms with Gasteiger partial charge in [-0.25, -0.2) is 8.42 Å². The van der Waals surface area contributed by atoms with Crippen LogP contribution in [0.5, 0.6) is 5.75 Å². The zero-order valence-electron chi connectivity index (χ0n) is 19.9. The Hall–Kier alpha value is -2.16. The van der Waals surface area contributed by atoms with Crippen LogP contribution in [-0.2, 0) is 22.8 Å². The van der Waals surface area contributed by atoms with Crippen LogP contribution in [0.3, 0.4) is 0 Å². The Morgan fingerprint density at radius 2 is 1.79 bits per heavy atom. The quantitative estimate of drug-likeness (QED) is 0.548. The SMILES string of the molecule is COc1ccc(CCn2c(C)cc(C(=O)CN3CCN(C4CCS(=O)(=O)C4)CC3)c2C)cc1. The van der Waals surface area contributed by atoms with Gasteiger partial charge in [0.25, 0.3) is 0 Å². The Morgan fingerprint density at radius 1 is 1.09 bits per heavy atom. The highest BCUT2D eigenvalue weighted by Gasteiger charge is 2.34. The minimum Gasteiger partial charge on any atom is -0.497 e. The molecule has 2 aliphatic rings. The summed E-state index contributed by atoms with van der Waals surface area (Å²) < 4.78 is 31.0. The van der Waals surface area contributed by atoms with Gasteiger partial charge in [-0.3, -0.25) is 14.6 Å². The second-order valence-corrected chi connectivity index (χ2v) is 11.6. The first-order valence-corrected chi connectivity index (χ1v) is 13.6. The molecule has 33 heavy (non-hydrogen) atoms. The van der Waals surface area contributed by atoms with Crippen LogP contribution in [0.2, 0.25) is 0 Å². The number of aryl methyl sites for hydroxylation is 2. The molecule has 2 saturated heterocycles. The molecule has 2 fully saturated rings. The van der Waals surface area contributed by atoms with Gasteiger partial charge in [0.05, 0.1) is 25.2 Å². The number of hydrogen-bond donors (Lipinski definition) is 0. The minimum atomic E-state index is -2.86. The van der Waals surface area contributed by atoms with Crippen molar-refractivity contribution in [3.63, 3.8) is 0 Å². The molecule has 1 unspecified atom stereocenters. The molecule has 0 saturated carbocycles. The third kappa shape index (κ3) is 5.67. The van der Waals surface area contributed by atoms with E-state index >= 15 is 0 Å². The van der Waals surface area contributed by atoms with Crippen molar-refractivity contribution in [1.82, 2.24) is 14.4 Å². The summed E-state index contributed by atoms with van der Waals surface area (Å²) in [7, 11) is -1.19. The van der Waals surface area contributed by atoms with Crippen molar-refractivity contribution in [3.8, 4) is 5.75 Å². The van der Waals surface area contributed by atoms with Crippen LogP contribution in [0, 0.1) is 13.8 Å². The number of benzene rings is 1. The van der Waals surface area contributed by atoms with Crippen molar-refractivity contribution in [2.45, 2.75) is 39.3 Å². The van der Waals surface area contributed by atoms with Crippen molar-refractivity contribution in [2.24, 2.45) is 0 Å². The van der Waals surface area contributed by atoms with Crippen LogP contribution in [0.15, 0.2) is 30.3 Å². The number of methoxy groups -OCH3 is 1. The molecule has 3 heterocycles. The summed E-state index contributed by atoms with van der Waals surface area (Å²) in [5, 5.41) is 0. The molecule has 4 rings (SSSR count). The van der Waals surface area contributed by atoms with Gasteiger partial charge in [0.1, 0.15) is 5.75 Å². The first-order valence-electron chi connectivity index (χ1n) is 11.8. The van der Waals surface area contributed by atoms with Gasteiger partial charge >= 0.3 is 0 Å². The number of carbonyl (C=O) groups is 1. The normalized spacial score (nSPS) is 21.4. The number of carbonyl (C=O) groups excluding carboxylic acids is 1. The molecule has 0 amide bonds. The van der Waals surface area contributed by atoms with E-state index in [1.165, 1.54) is 5.56 Å².